The van der Waals surface area contributed by atoms with Crippen molar-refractivity contribution >= 4 is 23.2 Å². The molecule has 0 saturated carbocycles. The van der Waals surface area contributed by atoms with Crippen molar-refractivity contribution in [3.05, 3.63) is 33.8 Å². The van der Waals surface area contributed by atoms with Crippen LogP contribution in [-0.2, 0) is 0 Å². The summed E-state index contributed by atoms with van der Waals surface area (Å²) in [4.78, 5) is 2.24. The maximum atomic E-state index is 9.08. The van der Waals surface area contributed by atoms with E-state index in [2.05, 4.69) is 24.1 Å². The molecular formula is C16H26Cl2N2O. The summed E-state index contributed by atoms with van der Waals surface area (Å²) in [6.45, 7) is 7.95. The number of hydrogen-bond donors (Lipinski definition) is 2. The molecule has 0 aliphatic heterocycles. The molecule has 0 saturated heterocycles. The predicted octanol–water partition coefficient (Wildman–Crippen LogP) is 3.74. The van der Waals surface area contributed by atoms with Gasteiger partial charge in [-0.25, -0.2) is 0 Å². The van der Waals surface area contributed by atoms with Gasteiger partial charge in [0, 0.05) is 19.1 Å². The largest absolute Gasteiger partial charge is 0.395 e. The van der Waals surface area contributed by atoms with Gasteiger partial charge in [-0.2, -0.15) is 0 Å². The molecule has 0 aliphatic carbocycles. The van der Waals surface area contributed by atoms with Crippen LogP contribution in [0.2, 0.25) is 10.0 Å². The van der Waals surface area contributed by atoms with Crippen LogP contribution in [0, 0.1) is 0 Å². The number of aliphatic hydroxyl groups is 1. The van der Waals surface area contributed by atoms with Crippen LogP contribution in [0.4, 0.5) is 0 Å². The number of likely N-dealkylation sites (N-methyl/N-ethyl adjacent to an activating group) is 1. The standard InChI is InChI=1S/C16H26Cl2N2O/c1-3-9-19-15(8-10-20(4-2)11-12-21)13-6-5-7-14(17)16(13)18/h5-7,15,19,21H,3-4,8-12H2,1-2H3. The summed E-state index contributed by atoms with van der Waals surface area (Å²) in [6, 6.07) is 5.97. The van der Waals surface area contributed by atoms with Gasteiger partial charge < -0.3 is 15.3 Å². The summed E-state index contributed by atoms with van der Waals surface area (Å²) in [6.07, 6.45) is 2.01. The van der Waals surface area contributed by atoms with Crippen LogP contribution in [0.25, 0.3) is 0 Å². The number of benzene rings is 1. The Balaban J connectivity index is 2.77. The van der Waals surface area contributed by atoms with Gasteiger partial charge >= 0.3 is 0 Å². The Labute approximate surface area is 138 Å². The molecule has 0 spiro atoms. The van der Waals surface area contributed by atoms with Gasteiger partial charge in [0.25, 0.3) is 0 Å². The monoisotopic (exact) mass is 332 g/mol. The first-order valence-electron chi connectivity index (χ1n) is 7.64. The van der Waals surface area contributed by atoms with Crippen LogP contribution in [0.15, 0.2) is 18.2 Å². The van der Waals surface area contributed by atoms with Crippen LogP contribution in [0.3, 0.4) is 0 Å². The minimum absolute atomic E-state index is 0.184. The molecule has 0 heterocycles. The van der Waals surface area contributed by atoms with E-state index in [0.717, 1.165) is 38.0 Å². The molecule has 1 unspecified atom stereocenters. The van der Waals surface area contributed by atoms with Crippen LogP contribution in [-0.4, -0.2) is 42.8 Å². The molecule has 21 heavy (non-hydrogen) atoms. The molecule has 5 heteroatoms. The van der Waals surface area contributed by atoms with Gasteiger partial charge in [-0.3, -0.25) is 0 Å². The summed E-state index contributed by atoms with van der Waals surface area (Å²) in [5.41, 5.74) is 1.05. The normalized spacial score (nSPS) is 12.9. The van der Waals surface area contributed by atoms with Crippen molar-refractivity contribution in [1.82, 2.24) is 10.2 Å². The lowest BCUT2D eigenvalue weighted by molar-refractivity contribution is 0.195. The fourth-order valence-corrected chi connectivity index (χ4v) is 2.80. The van der Waals surface area contributed by atoms with Crippen LogP contribution < -0.4 is 5.32 Å². The van der Waals surface area contributed by atoms with Gasteiger partial charge in [0.1, 0.15) is 0 Å². The second kappa shape index (κ2) is 10.4. The van der Waals surface area contributed by atoms with Crippen molar-refractivity contribution < 1.29 is 5.11 Å². The maximum absolute atomic E-state index is 9.08. The SMILES string of the molecule is CCCNC(CCN(CC)CCO)c1cccc(Cl)c1Cl. The second-order valence-corrected chi connectivity index (χ2v) is 5.88. The van der Waals surface area contributed by atoms with Crippen molar-refractivity contribution in [3.8, 4) is 0 Å². The van der Waals surface area contributed by atoms with Crippen molar-refractivity contribution in [1.29, 1.82) is 0 Å². The van der Waals surface area contributed by atoms with Crippen LogP contribution >= 0.6 is 23.2 Å². The summed E-state index contributed by atoms with van der Waals surface area (Å²) in [7, 11) is 0. The van der Waals surface area contributed by atoms with E-state index >= 15 is 0 Å². The molecule has 0 fully saturated rings. The smallest absolute Gasteiger partial charge is 0.0640 e. The summed E-state index contributed by atoms with van der Waals surface area (Å²) < 4.78 is 0. The molecule has 120 valence electrons. The van der Waals surface area contributed by atoms with Crippen molar-refractivity contribution in [3.63, 3.8) is 0 Å². The molecule has 2 N–H and O–H groups in total. The van der Waals surface area contributed by atoms with E-state index in [1.807, 2.05) is 18.2 Å². The molecule has 0 radical (unpaired) electrons. The topological polar surface area (TPSA) is 35.5 Å². The van der Waals surface area contributed by atoms with Crippen LogP contribution in [0.5, 0.6) is 0 Å². The highest BCUT2D eigenvalue weighted by atomic mass is 35.5. The minimum Gasteiger partial charge on any atom is -0.395 e. The zero-order valence-electron chi connectivity index (χ0n) is 12.9. The first kappa shape index (κ1) is 18.7. The van der Waals surface area contributed by atoms with E-state index in [4.69, 9.17) is 28.3 Å². The summed E-state index contributed by atoms with van der Waals surface area (Å²) in [5.74, 6) is 0. The lowest BCUT2D eigenvalue weighted by Crippen LogP contribution is -2.32. The van der Waals surface area contributed by atoms with Crippen molar-refractivity contribution in [2.24, 2.45) is 0 Å². The molecule has 1 aromatic carbocycles. The van der Waals surface area contributed by atoms with E-state index in [-0.39, 0.29) is 12.6 Å². The van der Waals surface area contributed by atoms with Crippen LogP contribution in [0.1, 0.15) is 38.3 Å². The zero-order valence-corrected chi connectivity index (χ0v) is 14.4. The third kappa shape index (κ3) is 6.13. The first-order chi connectivity index (χ1) is 10.1. The molecule has 1 aromatic rings. The molecule has 0 aliphatic rings. The first-order valence-corrected chi connectivity index (χ1v) is 8.40. The average Bonchev–Trinajstić information content (AvgIpc) is 2.49. The maximum Gasteiger partial charge on any atom is 0.0640 e. The zero-order chi connectivity index (χ0) is 15.7. The van der Waals surface area contributed by atoms with Gasteiger partial charge in [0.2, 0.25) is 0 Å². The Bertz CT molecular complexity index is 415. The molecule has 0 amide bonds. The average molecular weight is 333 g/mol. The third-order valence-electron chi connectivity index (χ3n) is 3.60. The lowest BCUT2D eigenvalue weighted by atomic mass is 10.0. The van der Waals surface area contributed by atoms with E-state index in [9.17, 15) is 0 Å². The summed E-state index contributed by atoms with van der Waals surface area (Å²) >= 11 is 12.5. The fourth-order valence-electron chi connectivity index (χ4n) is 2.36. The Morgan fingerprint density at radius 3 is 2.62 bits per heavy atom. The molecule has 3 nitrogen and oxygen atoms in total. The molecule has 0 bridgehead atoms. The van der Waals surface area contributed by atoms with E-state index in [1.165, 1.54) is 0 Å². The Morgan fingerprint density at radius 2 is 2.00 bits per heavy atom. The molecule has 1 rings (SSSR count). The predicted molar refractivity (Wildman–Crippen MR) is 91.3 cm³/mol. The van der Waals surface area contributed by atoms with Gasteiger partial charge in [0.15, 0.2) is 0 Å². The summed E-state index contributed by atoms with van der Waals surface area (Å²) in [5, 5.41) is 13.9. The number of nitrogens with zero attached hydrogens (tertiary/aromatic N) is 1. The number of halogens is 2. The highest BCUT2D eigenvalue weighted by molar-refractivity contribution is 6.42. The second-order valence-electron chi connectivity index (χ2n) is 5.10. The quantitative estimate of drug-likeness (QED) is 0.685. The molecular weight excluding hydrogens is 307 g/mol. The Morgan fingerprint density at radius 1 is 1.24 bits per heavy atom. The Kier molecular flexibility index (Phi) is 9.29. The number of aliphatic hydroxyl groups excluding tert-OH is 1. The van der Waals surface area contributed by atoms with Crippen molar-refractivity contribution in [2.45, 2.75) is 32.7 Å². The van der Waals surface area contributed by atoms with E-state index in [1.54, 1.807) is 0 Å². The molecule has 1 atom stereocenters. The van der Waals surface area contributed by atoms with Gasteiger partial charge in [0.05, 0.1) is 16.7 Å². The minimum atomic E-state index is 0.184. The van der Waals surface area contributed by atoms with Gasteiger partial charge in [-0.15, -0.1) is 0 Å². The van der Waals surface area contributed by atoms with E-state index in [0.29, 0.717) is 16.6 Å². The van der Waals surface area contributed by atoms with E-state index < -0.39 is 0 Å². The molecule has 0 aromatic heterocycles. The number of rotatable bonds is 10. The highest BCUT2D eigenvalue weighted by Gasteiger charge is 2.16. The fraction of sp³-hybridized carbons (Fsp3) is 0.625. The third-order valence-corrected chi connectivity index (χ3v) is 4.43. The van der Waals surface area contributed by atoms with Gasteiger partial charge in [-0.05, 0) is 37.6 Å². The lowest BCUT2D eigenvalue weighted by Gasteiger charge is -2.25. The number of hydrogen-bond acceptors (Lipinski definition) is 3. The van der Waals surface area contributed by atoms with Gasteiger partial charge in [-0.1, -0.05) is 49.2 Å². The highest BCUT2D eigenvalue weighted by Crippen LogP contribution is 2.31. The number of nitrogens with one attached hydrogen (secondary N) is 1. The Hall–Kier alpha value is -0.320. The van der Waals surface area contributed by atoms with Crippen molar-refractivity contribution in [2.75, 3.05) is 32.8 Å².